The van der Waals surface area contributed by atoms with Crippen molar-refractivity contribution in [2.24, 2.45) is 10.9 Å². The highest BCUT2D eigenvalue weighted by Crippen LogP contribution is 2.35. The Morgan fingerprint density at radius 2 is 2.00 bits per heavy atom. The number of halogens is 1. The van der Waals surface area contributed by atoms with Gasteiger partial charge < -0.3 is 20.1 Å². The van der Waals surface area contributed by atoms with Crippen LogP contribution < -0.4 is 15.4 Å². The highest BCUT2D eigenvalue weighted by Gasteiger charge is 2.30. The van der Waals surface area contributed by atoms with Gasteiger partial charge in [0.05, 0.1) is 13.7 Å². The lowest BCUT2D eigenvalue weighted by atomic mass is 9.85. The number of likely N-dealkylation sites (tertiary alicyclic amines) is 1. The van der Waals surface area contributed by atoms with Crippen LogP contribution in [0, 0.1) is 5.92 Å². The molecule has 0 bridgehead atoms. The summed E-state index contributed by atoms with van der Waals surface area (Å²) in [7, 11) is 7.45. The van der Waals surface area contributed by atoms with E-state index in [1.807, 2.05) is 7.05 Å². The van der Waals surface area contributed by atoms with Crippen molar-refractivity contribution < 1.29 is 9.47 Å². The molecule has 154 valence electrons. The van der Waals surface area contributed by atoms with E-state index in [1.54, 1.807) is 14.2 Å². The second kappa shape index (κ2) is 12.4. The Morgan fingerprint density at radius 1 is 1.30 bits per heavy atom. The molecule has 27 heavy (non-hydrogen) atoms. The molecule has 0 aromatic heterocycles. The smallest absolute Gasteiger partial charge is 0.191 e. The number of ether oxygens (including phenoxy) is 2. The van der Waals surface area contributed by atoms with Crippen LogP contribution in [0.5, 0.6) is 5.75 Å². The van der Waals surface area contributed by atoms with Gasteiger partial charge >= 0.3 is 0 Å². The Morgan fingerprint density at radius 3 is 2.59 bits per heavy atom. The molecule has 0 radical (unpaired) electrons. The van der Waals surface area contributed by atoms with Crippen LogP contribution in [0.15, 0.2) is 29.3 Å². The van der Waals surface area contributed by atoms with Gasteiger partial charge in [-0.15, -0.1) is 24.0 Å². The molecule has 0 aliphatic carbocycles. The summed E-state index contributed by atoms with van der Waals surface area (Å²) in [4.78, 5) is 6.80. The molecule has 0 saturated carbocycles. The molecule has 0 amide bonds. The minimum absolute atomic E-state index is 0. The van der Waals surface area contributed by atoms with E-state index in [9.17, 15) is 0 Å². The van der Waals surface area contributed by atoms with Crippen LogP contribution >= 0.6 is 24.0 Å². The van der Waals surface area contributed by atoms with Gasteiger partial charge in [0.15, 0.2) is 5.96 Å². The number of hydrogen-bond acceptors (Lipinski definition) is 4. The zero-order valence-electron chi connectivity index (χ0n) is 17.2. The zero-order valence-corrected chi connectivity index (χ0v) is 19.5. The number of methoxy groups -OCH3 is 2. The van der Waals surface area contributed by atoms with Gasteiger partial charge in [-0.1, -0.05) is 12.1 Å². The molecule has 6 nitrogen and oxygen atoms in total. The first-order valence-electron chi connectivity index (χ1n) is 9.39. The summed E-state index contributed by atoms with van der Waals surface area (Å²) < 4.78 is 10.5. The van der Waals surface area contributed by atoms with Crippen molar-refractivity contribution in [3.05, 3.63) is 29.8 Å². The van der Waals surface area contributed by atoms with E-state index in [0.29, 0.717) is 18.6 Å². The summed E-state index contributed by atoms with van der Waals surface area (Å²) in [5, 5.41) is 6.88. The van der Waals surface area contributed by atoms with Crippen molar-refractivity contribution in [1.29, 1.82) is 0 Å². The van der Waals surface area contributed by atoms with E-state index in [4.69, 9.17) is 9.47 Å². The van der Waals surface area contributed by atoms with Gasteiger partial charge in [-0.3, -0.25) is 9.89 Å². The predicted molar refractivity (Wildman–Crippen MR) is 122 cm³/mol. The first-order valence-corrected chi connectivity index (χ1v) is 9.39. The van der Waals surface area contributed by atoms with Gasteiger partial charge in [0, 0.05) is 32.8 Å². The number of benzene rings is 1. The lowest BCUT2D eigenvalue weighted by molar-refractivity contribution is 0.122. The molecule has 7 heteroatoms. The molecule has 1 aliphatic heterocycles. The molecule has 1 aromatic rings. The fourth-order valence-corrected chi connectivity index (χ4v) is 3.75. The number of guanidine groups is 1. The van der Waals surface area contributed by atoms with Crippen LogP contribution in [0.1, 0.15) is 31.4 Å². The van der Waals surface area contributed by atoms with Gasteiger partial charge in [0.25, 0.3) is 0 Å². The number of rotatable bonds is 7. The summed E-state index contributed by atoms with van der Waals surface area (Å²) in [6.45, 7) is 4.76. The SMILES string of the molecule is CN=C(NCC1CCCN(C)C1c1ccc(OC)cc1)NC(C)COC.I. The average Bonchev–Trinajstić information content (AvgIpc) is 2.65. The fourth-order valence-electron chi connectivity index (χ4n) is 3.75. The van der Waals surface area contributed by atoms with E-state index in [0.717, 1.165) is 24.8 Å². The maximum Gasteiger partial charge on any atom is 0.191 e. The predicted octanol–water partition coefficient (Wildman–Crippen LogP) is 2.90. The Kier molecular flexibility index (Phi) is 11.0. The minimum Gasteiger partial charge on any atom is -0.497 e. The molecule has 3 unspecified atom stereocenters. The Balaban J connectivity index is 0.00000364. The summed E-state index contributed by atoms with van der Waals surface area (Å²) >= 11 is 0. The molecule has 1 aromatic carbocycles. The molecule has 2 N–H and O–H groups in total. The monoisotopic (exact) mass is 490 g/mol. The minimum atomic E-state index is 0. The zero-order chi connectivity index (χ0) is 18.9. The fraction of sp³-hybridized carbons (Fsp3) is 0.650. The Labute approximate surface area is 181 Å². The maximum absolute atomic E-state index is 5.30. The molecule has 2 rings (SSSR count). The highest BCUT2D eigenvalue weighted by molar-refractivity contribution is 14.0. The van der Waals surface area contributed by atoms with Crippen LogP contribution in [0.25, 0.3) is 0 Å². The van der Waals surface area contributed by atoms with E-state index in [1.165, 1.54) is 18.4 Å². The topological polar surface area (TPSA) is 58.1 Å². The number of hydrogen-bond donors (Lipinski definition) is 2. The van der Waals surface area contributed by atoms with Crippen LogP contribution in [-0.2, 0) is 4.74 Å². The summed E-state index contributed by atoms with van der Waals surface area (Å²) in [5.74, 6) is 2.26. The van der Waals surface area contributed by atoms with Crippen molar-refractivity contribution in [3.8, 4) is 5.75 Å². The number of nitrogens with one attached hydrogen (secondary N) is 2. The molecular formula is C20H35IN4O2. The van der Waals surface area contributed by atoms with Crippen LogP contribution in [0.3, 0.4) is 0 Å². The Bertz CT molecular complexity index is 568. The molecule has 1 fully saturated rings. The normalized spacial score (nSPS) is 21.9. The second-order valence-corrected chi connectivity index (χ2v) is 7.05. The van der Waals surface area contributed by atoms with Gasteiger partial charge in [0.1, 0.15) is 5.75 Å². The van der Waals surface area contributed by atoms with Gasteiger partial charge in [-0.25, -0.2) is 0 Å². The standard InChI is InChI=1S/C20H34N4O2.HI/c1-15(14-25-4)23-20(21-2)22-13-17-7-6-12-24(3)19(17)16-8-10-18(26-5)11-9-16;/h8-11,15,17,19H,6-7,12-14H2,1-5H3,(H2,21,22,23);1H. The molecule has 1 aliphatic rings. The quantitative estimate of drug-likeness (QED) is 0.350. The molecule has 1 saturated heterocycles. The van der Waals surface area contributed by atoms with E-state index in [-0.39, 0.29) is 30.0 Å². The van der Waals surface area contributed by atoms with E-state index < -0.39 is 0 Å². The van der Waals surface area contributed by atoms with Crippen molar-refractivity contribution in [2.45, 2.75) is 31.8 Å². The average molecular weight is 490 g/mol. The number of nitrogens with zero attached hydrogens (tertiary/aromatic N) is 2. The largest absolute Gasteiger partial charge is 0.497 e. The van der Waals surface area contributed by atoms with Crippen molar-refractivity contribution >= 4 is 29.9 Å². The van der Waals surface area contributed by atoms with Crippen LogP contribution in [0.4, 0.5) is 0 Å². The Hall–Kier alpha value is -1.06. The second-order valence-electron chi connectivity index (χ2n) is 7.05. The number of aliphatic imine (C=N–C) groups is 1. The van der Waals surface area contributed by atoms with Gasteiger partial charge in [0.2, 0.25) is 0 Å². The third-order valence-electron chi connectivity index (χ3n) is 5.02. The van der Waals surface area contributed by atoms with E-state index >= 15 is 0 Å². The summed E-state index contributed by atoms with van der Waals surface area (Å²) in [6, 6.07) is 9.09. The molecular weight excluding hydrogens is 455 g/mol. The van der Waals surface area contributed by atoms with Gasteiger partial charge in [-0.05, 0) is 57.0 Å². The van der Waals surface area contributed by atoms with Crippen LogP contribution in [0.2, 0.25) is 0 Å². The lowest BCUT2D eigenvalue weighted by Gasteiger charge is -2.40. The van der Waals surface area contributed by atoms with Crippen molar-refractivity contribution in [3.63, 3.8) is 0 Å². The summed E-state index contributed by atoms with van der Waals surface area (Å²) in [6.07, 6.45) is 2.43. The molecule has 0 spiro atoms. The van der Waals surface area contributed by atoms with E-state index in [2.05, 4.69) is 58.8 Å². The van der Waals surface area contributed by atoms with Gasteiger partial charge in [-0.2, -0.15) is 0 Å². The first-order chi connectivity index (χ1) is 12.6. The summed E-state index contributed by atoms with van der Waals surface area (Å²) in [5.41, 5.74) is 1.34. The molecule has 1 heterocycles. The lowest BCUT2D eigenvalue weighted by Crippen LogP contribution is -2.47. The maximum atomic E-state index is 5.30. The third kappa shape index (κ3) is 7.12. The number of piperidine rings is 1. The first kappa shape index (κ1) is 24.0. The van der Waals surface area contributed by atoms with Crippen molar-refractivity contribution in [1.82, 2.24) is 15.5 Å². The highest BCUT2D eigenvalue weighted by atomic mass is 127. The third-order valence-corrected chi connectivity index (χ3v) is 5.02. The van der Waals surface area contributed by atoms with Crippen molar-refractivity contribution in [2.75, 3.05) is 48.0 Å². The van der Waals surface area contributed by atoms with Crippen LogP contribution in [-0.4, -0.2) is 64.9 Å². The molecule has 3 atom stereocenters.